The Morgan fingerprint density at radius 2 is 1.71 bits per heavy atom. The van der Waals surface area contributed by atoms with Gasteiger partial charge in [-0.2, -0.15) is 0 Å². The van der Waals surface area contributed by atoms with Crippen molar-refractivity contribution >= 4 is 29.3 Å². The van der Waals surface area contributed by atoms with Crippen LogP contribution < -0.4 is 24.8 Å². The second kappa shape index (κ2) is 9.04. The van der Waals surface area contributed by atoms with Crippen LogP contribution in [0.25, 0.3) is 6.08 Å². The molecule has 0 aliphatic carbocycles. The molecule has 0 aromatic heterocycles. The summed E-state index contributed by atoms with van der Waals surface area (Å²) in [4.78, 5) is 25.1. The first kappa shape index (κ1) is 20.0. The van der Waals surface area contributed by atoms with Crippen LogP contribution in [0.3, 0.4) is 0 Å². The molecule has 0 bridgehead atoms. The molecule has 2 N–H and O–H groups in total. The Morgan fingerprint density at radius 1 is 0.935 bits per heavy atom. The van der Waals surface area contributed by atoms with Crippen LogP contribution in [0.2, 0.25) is 0 Å². The topological polar surface area (TPSA) is 85.9 Å². The number of carbonyl (C=O) groups is 2. The van der Waals surface area contributed by atoms with Gasteiger partial charge in [0.2, 0.25) is 12.7 Å². The summed E-state index contributed by atoms with van der Waals surface area (Å²) in [7, 11) is 1.58. The van der Waals surface area contributed by atoms with Gasteiger partial charge in [0.05, 0.1) is 18.4 Å². The van der Waals surface area contributed by atoms with Crippen LogP contribution in [0.1, 0.15) is 15.9 Å². The summed E-state index contributed by atoms with van der Waals surface area (Å²) in [5, 5.41) is 5.57. The van der Waals surface area contributed by atoms with E-state index in [2.05, 4.69) is 10.6 Å². The van der Waals surface area contributed by atoms with Crippen molar-refractivity contribution in [2.75, 3.05) is 24.5 Å². The molecule has 2 amide bonds. The summed E-state index contributed by atoms with van der Waals surface area (Å²) in [6.45, 7) is 0.193. The van der Waals surface area contributed by atoms with Gasteiger partial charge >= 0.3 is 0 Å². The minimum atomic E-state index is -0.359. The third-order valence-corrected chi connectivity index (χ3v) is 4.60. The second-order valence-corrected chi connectivity index (χ2v) is 6.66. The van der Waals surface area contributed by atoms with E-state index >= 15 is 0 Å². The van der Waals surface area contributed by atoms with E-state index in [1.807, 2.05) is 6.07 Å². The van der Waals surface area contributed by atoms with Gasteiger partial charge in [-0.15, -0.1) is 0 Å². The molecular formula is C24H20N2O5. The highest BCUT2D eigenvalue weighted by molar-refractivity contribution is 6.11. The number of carbonyl (C=O) groups excluding carboxylic acids is 2. The molecule has 156 valence electrons. The van der Waals surface area contributed by atoms with E-state index in [0.29, 0.717) is 34.2 Å². The number of amides is 2. The molecule has 7 nitrogen and oxygen atoms in total. The van der Waals surface area contributed by atoms with Crippen molar-refractivity contribution in [2.24, 2.45) is 0 Å². The standard InChI is InChI=1S/C24H20N2O5/c1-29-18-10-8-17(9-11-18)25-24(28)19-4-2-3-5-20(19)26-23(27)13-7-16-6-12-21-22(14-16)31-15-30-21/h2-14H,15H2,1H3,(H,25,28)(H,26,27). The van der Waals surface area contributed by atoms with E-state index in [9.17, 15) is 9.59 Å². The van der Waals surface area contributed by atoms with Crippen molar-refractivity contribution in [1.29, 1.82) is 0 Å². The van der Waals surface area contributed by atoms with Gasteiger partial charge in [0.1, 0.15) is 5.75 Å². The van der Waals surface area contributed by atoms with E-state index in [-0.39, 0.29) is 18.6 Å². The van der Waals surface area contributed by atoms with Crippen LogP contribution in [-0.2, 0) is 4.79 Å². The minimum Gasteiger partial charge on any atom is -0.497 e. The number of hydrogen-bond donors (Lipinski definition) is 2. The summed E-state index contributed by atoms with van der Waals surface area (Å²) in [6.07, 6.45) is 3.06. The molecule has 0 fully saturated rings. The highest BCUT2D eigenvalue weighted by Crippen LogP contribution is 2.32. The summed E-state index contributed by atoms with van der Waals surface area (Å²) in [5.41, 5.74) is 2.18. The van der Waals surface area contributed by atoms with E-state index in [4.69, 9.17) is 14.2 Å². The number of anilines is 2. The Labute approximate surface area is 179 Å². The smallest absolute Gasteiger partial charge is 0.257 e. The number of para-hydroxylation sites is 1. The normalized spacial score (nSPS) is 11.9. The van der Waals surface area contributed by atoms with Gasteiger partial charge in [-0.1, -0.05) is 18.2 Å². The minimum absolute atomic E-state index is 0.193. The van der Waals surface area contributed by atoms with Gasteiger partial charge in [0.15, 0.2) is 11.5 Å². The maximum atomic E-state index is 12.7. The highest BCUT2D eigenvalue weighted by atomic mass is 16.7. The van der Waals surface area contributed by atoms with Gasteiger partial charge in [-0.3, -0.25) is 9.59 Å². The third kappa shape index (κ3) is 4.84. The van der Waals surface area contributed by atoms with Crippen molar-refractivity contribution < 1.29 is 23.8 Å². The average molecular weight is 416 g/mol. The fraction of sp³-hybridized carbons (Fsp3) is 0.0833. The van der Waals surface area contributed by atoms with Crippen molar-refractivity contribution in [3.8, 4) is 17.2 Å². The molecule has 4 rings (SSSR count). The number of nitrogens with one attached hydrogen (secondary N) is 2. The average Bonchev–Trinajstić information content (AvgIpc) is 3.26. The van der Waals surface area contributed by atoms with Gasteiger partial charge in [-0.05, 0) is 60.2 Å². The molecule has 1 aliphatic rings. The zero-order chi connectivity index (χ0) is 21.6. The second-order valence-electron chi connectivity index (χ2n) is 6.66. The van der Waals surface area contributed by atoms with Gasteiger partial charge in [0.25, 0.3) is 5.91 Å². The molecule has 1 heterocycles. The van der Waals surface area contributed by atoms with Gasteiger partial charge in [0, 0.05) is 11.8 Å². The van der Waals surface area contributed by atoms with Crippen molar-refractivity contribution in [3.63, 3.8) is 0 Å². The van der Waals surface area contributed by atoms with Crippen LogP contribution in [-0.4, -0.2) is 25.7 Å². The Balaban J connectivity index is 1.43. The summed E-state index contributed by atoms with van der Waals surface area (Å²) in [5.74, 6) is 1.32. The molecule has 0 saturated carbocycles. The maximum absolute atomic E-state index is 12.7. The summed E-state index contributed by atoms with van der Waals surface area (Å²) < 4.78 is 15.7. The first-order chi connectivity index (χ1) is 15.1. The monoisotopic (exact) mass is 416 g/mol. The number of ether oxygens (including phenoxy) is 3. The molecule has 31 heavy (non-hydrogen) atoms. The SMILES string of the molecule is COc1ccc(NC(=O)c2ccccc2NC(=O)C=Cc2ccc3c(c2)OCO3)cc1. The predicted octanol–water partition coefficient (Wildman–Crippen LogP) is 4.33. The molecule has 3 aromatic carbocycles. The van der Waals surface area contributed by atoms with E-state index in [0.717, 1.165) is 5.56 Å². The molecule has 3 aromatic rings. The molecule has 0 atom stereocenters. The lowest BCUT2D eigenvalue weighted by Crippen LogP contribution is -2.17. The van der Waals surface area contributed by atoms with Crippen molar-refractivity contribution in [1.82, 2.24) is 0 Å². The van der Waals surface area contributed by atoms with Crippen molar-refractivity contribution in [3.05, 3.63) is 83.9 Å². The third-order valence-electron chi connectivity index (χ3n) is 4.60. The maximum Gasteiger partial charge on any atom is 0.257 e. The molecule has 0 radical (unpaired) electrons. The molecular weight excluding hydrogens is 396 g/mol. The van der Waals surface area contributed by atoms with Crippen LogP contribution in [0.5, 0.6) is 17.2 Å². The van der Waals surface area contributed by atoms with Crippen molar-refractivity contribution in [2.45, 2.75) is 0 Å². The number of methoxy groups -OCH3 is 1. The first-order valence-electron chi connectivity index (χ1n) is 9.55. The molecule has 0 saturated heterocycles. The molecule has 0 spiro atoms. The largest absolute Gasteiger partial charge is 0.497 e. The van der Waals surface area contributed by atoms with Crippen LogP contribution in [0.15, 0.2) is 72.8 Å². The van der Waals surface area contributed by atoms with Crippen LogP contribution >= 0.6 is 0 Å². The first-order valence-corrected chi connectivity index (χ1v) is 9.55. The number of rotatable bonds is 6. The lowest BCUT2D eigenvalue weighted by atomic mass is 10.1. The molecule has 0 unspecified atom stereocenters. The van der Waals surface area contributed by atoms with Crippen LogP contribution in [0.4, 0.5) is 11.4 Å². The van der Waals surface area contributed by atoms with E-state index in [1.165, 1.54) is 6.08 Å². The van der Waals surface area contributed by atoms with Gasteiger partial charge in [-0.25, -0.2) is 0 Å². The summed E-state index contributed by atoms with van der Waals surface area (Å²) >= 11 is 0. The zero-order valence-corrected chi connectivity index (χ0v) is 16.8. The predicted molar refractivity (Wildman–Crippen MR) is 118 cm³/mol. The molecule has 1 aliphatic heterocycles. The quantitative estimate of drug-likeness (QED) is 0.584. The van der Waals surface area contributed by atoms with E-state index in [1.54, 1.807) is 73.8 Å². The highest BCUT2D eigenvalue weighted by Gasteiger charge is 2.14. The Morgan fingerprint density at radius 3 is 2.52 bits per heavy atom. The number of hydrogen-bond acceptors (Lipinski definition) is 5. The Hall–Kier alpha value is -4.26. The molecule has 7 heteroatoms. The summed E-state index contributed by atoms with van der Waals surface area (Å²) in [6, 6.07) is 19.2. The lowest BCUT2D eigenvalue weighted by molar-refractivity contribution is -0.111. The fourth-order valence-corrected chi connectivity index (χ4v) is 3.03. The van der Waals surface area contributed by atoms with Gasteiger partial charge < -0.3 is 24.8 Å². The number of fused-ring (bicyclic) bond motifs is 1. The van der Waals surface area contributed by atoms with Crippen LogP contribution in [0, 0.1) is 0 Å². The number of benzene rings is 3. The zero-order valence-electron chi connectivity index (χ0n) is 16.8. The lowest BCUT2D eigenvalue weighted by Gasteiger charge is -2.11. The Bertz CT molecular complexity index is 1140. The van der Waals surface area contributed by atoms with E-state index < -0.39 is 0 Å². The Kier molecular flexibility index (Phi) is 5.84. The fourth-order valence-electron chi connectivity index (χ4n) is 3.03.